The Balaban J connectivity index is 1.78. The number of carbonyl (C=O) groups is 2. The van der Waals surface area contributed by atoms with Crippen molar-refractivity contribution in [3.63, 3.8) is 0 Å². The second-order valence-electron chi connectivity index (χ2n) is 8.43. The topological polar surface area (TPSA) is 67.9 Å². The number of amides is 2. The average molecular weight is 414 g/mol. The standard InChI is InChI=1S/C23H27FN2O4/c1-15(2)12-26-18-11-16(9-10-20(18)30-14-23(3,4)22(26)28)25-21(27)13-29-19-8-6-5-7-17(19)24/h5-11,15H,12-14H2,1-4H3,(H,25,27). The molecule has 0 fully saturated rings. The maximum Gasteiger partial charge on any atom is 0.262 e. The van der Waals surface area contributed by atoms with Crippen LogP contribution in [-0.2, 0) is 9.59 Å². The molecule has 2 aromatic rings. The maximum atomic E-state index is 13.6. The minimum atomic E-state index is -0.662. The van der Waals surface area contributed by atoms with Gasteiger partial charge in [-0.25, -0.2) is 4.39 Å². The number of ether oxygens (including phenoxy) is 2. The summed E-state index contributed by atoms with van der Waals surface area (Å²) >= 11 is 0. The fourth-order valence-corrected chi connectivity index (χ4v) is 3.17. The van der Waals surface area contributed by atoms with Gasteiger partial charge in [0.2, 0.25) is 5.91 Å². The Morgan fingerprint density at radius 2 is 2.00 bits per heavy atom. The van der Waals surface area contributed by atoms with Crippen molar-refractivity contribution in [1.29, 1.82) is 0 Å². The van der Waals surface area contributed by atoms with Crippen LogP contribution in [0.2, 0.25) is 0 Å². The molecule has 2 amide bonds. The molecule has 30 heavy (non-hydrogen) atoms. The van der Waals surface area contributed by atoms with E-state index in [0.717, 1.165) is 0 Å². The van der Waals surface area contributed by atoms with E-state index in [-0.39, 0.29) is 30.8 Å². The van der Waals surface area contributed by atoms with Gasteiger partial charge in [0.1, 0.15) is 12.4 Å². The second-order valence-corrected chi connectivity index (χ2v) is 8.43. The molecule has 7 heteroatoms. The van der Waals surface area contributed by atoms with Gasteiger partial charge in [-0.1, -0.05) is 26.0 Å². The molecule has 0 aromatic heterocycles. The molecule has 0 atom stereocenters. The summed E-state index contributed by atoms with van der Waals surface area (Å²) in [6.07, 6.45) is 0. The smallest absolute Gasteiger partial charge is 0.262 e. The molecule has 2 aromatic carbocycles. The number of halogens is 1. The van der Waals surface area contributed by atoms with E-state index in [1.807, 2.05) is 27.7 Å². The highest BCUT2D eigenvalue weighted by Crippen LogP contribution is 2.38. The molecule has 1 aliphatic heterocycles. The molecule has 1 heterocycles. The van der Waals surface area contributed by atoms with Crippen molar-refractivity contribution in [2.24, 2.45) is 11.3 Å². The van der Waals surface area contributed by atoms with Crippen molar-refractivity contribution in [3.8, 4) is 11.5 Å². The predicted molar refractivity (Wildman–Crippen MR) is 113 cm³/mol. The Bertz CT molecular complexity index is 943. The molecule has 1 N–H and O–H groups in total. The molecule has 0 unspecified atom stereocenters. The third-order valence-electron chi connectivity index (χ3n) is 4.69. The Morgan fingerprint density at radius 1 is 1.27 bits per heavy atom. The van der Waals surface area contributed by atoms with Gasteiger partial charge in [-0.3, -0.25) is 9.59 Å². The summed E-state index contributed by atoms with van der Waals surface area (Å²) in [5.74, 6) is -0.133. The van der Waals surface area contributed by atoms with Gasteiger partial charge >= 0.3 is 0 Å². The number of rotatable bonds is 6. The summed E-state index contributed by atoms with van der Waals surface area (Å²) in [4.78, 5) is 27.1. The molecule has 0 saturated carbocycles. The molecular weight excluding hydrogens is 387 g/mol. The van der Waals surface area contributed by atoms with Crippen LogP contribution < -0.4 is 19.7 Å². The van der Waals surface area contributed by atoms with Crippen LogP contribution in [0.3, 0.4) is 0 Å². The van der Waals surface area contributed by atoms with Crippen LogP contribution in [-0.4, -0.2) is 31.6 Å². The van der Waals surface area contributed by atoms with Crippen LogP contribution in [0.1, 0.15) is 27.7 Å². The Kier molecular flexibility index (Phi) is 6.29. The van der Waals surface area contributed by atoms with Crippen LogP contribution >= 0.6 is 0 Å². The zero-order chi connectivity index (χ0) is 21.9. The summed E-state index contributed by atoms with van der Waals surface area (Å²) < 4.78 is 24.8. The van der Waals surface area contributed by atoms with Gasteiger partial charge in [0.25, 0.3) is 5.91 Å². The number of nitrogens with one attached hydrogen (secondary N) is 1. The van der Waals surface area contributed by atoms with Gasteiger partial charge in [0.15, 0.2) is 18.2 Å². The zero-order valence-electron chi connectivity index (χ0n) is 17.7. The highest BCUT2D eigenvalue weighted by molar-refractivity contribution is 6.00. The predicted octanol–water partition coefficient (Wildman–Crippen LogP) is 4.25. The third-order valence-corrected chi connectivity index (χ3v) is 4.69. The minimum absolute atomic E-state index is 0.0129. The van der Waals surface area contributed by atoms with Gasteiger partial charge in [-0.05, 0) is 50.1 Å². The number of para-hydroxylation sites is 1. The Hall–Kier alpha value is -3.09. The van der Waals surface area contributed by atoms with E-state index in [0.29, 0.717) is 23.7 Å². The summed E-state index contributed by atoms with van der Waals surface area (Å²) in [6.45, 7) is 8.27. The largest absolute Gasteiger partial charge is 0.490 e. The van der Waals surface area contributed by atoms with Crippen molar-refractivity contribution in [1.82, 2.24) is 0 Å². The molecule has 0 saturated heterocycles. The number of hydrogen-bond donors (Lipinski definition) is 1. The number of nitrogens with zero attached hydrogens (tertiary/aromatic N) is 1. The lowest BCUT2D eigenvalue weighted by atomic mass is 9.92. The first kappa shape index (κ1) is 21.6. The van der Waals surface area contributed by atoms with E-state index in [1.165, 1.54) is 12.1 Å². The monoisotopic (exact) mass is 414 g/mol. The summed E-state index contributed by atoms with van der Waals surface area (Å²) in [7, 11) is 0. The summed E-state index contributed by atoms with van der Waals surface area (Å²) in [5.41, 5.74) is 0.457. The normalized spacial score (nSPS) is 15.3. The van der Waals surface area contributed by atoms with E-state index < -0.39 is 17.1 Å². The quantitative estimate of drug-likeness (QED) is 0.767. The summed E-state index contributed by atoms with van der Waals surface area (Å²) in [5, 5.41) is 2.73. The summed E-state index contributed by atoms with van der Waals surface area (Å²) in [6, 6.07) is 11.1. The Labute approximate surface area is 176 Å². The first-order chi connectivity index (χ1) is 14.2. The van der Waals surface area contributed by atoms with Crippen LogP contribution in [0.5, 0.6) is 11.5 Å². The van der Waals surface area contributed by atoms with Gasteiger partial charge in [-0.15, -0.1) is 0 Å². The van der Waals surface area contributed by atoms with Crippen molar-refractivity contribution < 1.29 is 23.5 Å². The lowest BCUT2D eigenvalue weighted by Gasteiger charge is -2.29. The molecular formula is C23H27FN2O4. The molecule has 0 bridgehead atoms. The minimum Gasteiger partial charge on any atom is -0.490 e. The second kappa shape index (κ2) is 8.73. The zero-order valence-corrected chi connectivity index (χ0v) is 17.7. The molecule has 0 spiro atoms. The van der Waals surface area contributed by atoms with Crippen molar-refractivity contribution in [2.45, 2.75) is 27.7 Å². The fraction of sp³-hybridized carbons (Fsp3) is 0.391. The fourth-order valence-electron chi connectivity index (χ4n) is 3.17. The molecule has 160 valence electrons. The van der Waals surface area contributed by atoms with E-state index in [4.69, 9.17) is 9.47 Å². The SMILES string of the molecule is CC(C)CN1C(=O)C(C)(C)COc2ccc(NC(=O)COc3ccccc3F)cc21. The number of hydrogen-bond acceptors (Lipinski definition) is 4. The van der Waals surface area contributed by atoms with E-state index in [9.17, 15) is 14.0 Å². The molecule has 0 aliphatic carbocycles. The van der Waals surface area contributed by atoms with Crippen molar-refractivity contribution in [3.05, 3.63) is 48.3 Å². The Morgan fingerprint density at radius 3 is 2.70 bits per heavy atom. The van der Waals surface area contributed by atoms with Crippen LogP contribution in [0.4, 0.5) is 15.8 Å². The first-order valence-electron chi connectivity index (χ1n) is 9.93. The first-order valence-corrected chi connectivity index (χ1v) is 9.93. The molecule has 0 radical (unpaired) electrons. The van der Waals surface area contributed by atoms with E-state index in [2.05, 4.69) is 5.32 Å². The van der Waals surface area contributed by atoms with Crippen LogP contribution in [0.15, 0.2) is 42.5 Å². The van der Waals surface area contributed by atoms with Crippen LogP contribution in [0.25, 0.3) is 0 Å². The van der Waals surface area contributed by atoms with Gasteiger partial charge in [0.05, 0.1) is 11.1 Å². The van der Waals surface area contributed by atoms with Gasteiger partial charge in [-0.2, -0.15) is 0 Å². The van der Waals surface area contributed by atoms with Gasteiger partial charge < -0.3 is 19.7 Å². The van der Waals surface area contributed by atoms with Crippen molar-refractivity contribution in [2.75, 3.05) is 30.0 Å². The number of fused-ring (bicyclic) bond motifs is 1. The van der Waals surface area contributed by atoms with Crippen molar-refractivity contribution >= 4 is 23.2 Å². The highest BCUT2D eigenvalue weighted by atomic mass is 19.1. The number of anilines is 2. The van der Waals surface area contributed by atoms with E-state index >= 15 is 0 Å². The number of benzene rings is 2. The third kappa shape index (κ3) is 4.90. The number of carbonyl (C=O) groups excluding carboxylic acids is 2. The lowest BCUT2D eigenvalue weighted by Crippen LogP contribution is -2.43. The molecule has 6 nitrogen and oxygen atoms in total. The maximum absolute atomic E-state index is 13.6. The van der Waals surface area contributed by atoms with Crippen LogP contribution in [0, 0.1) is 17.2 Å². The lowest BCUT2D eigenvalue weighted by molar-refractivity contribution is -0.127. The highest BCUT2D eigenvalue weighted by Gasteiger charge is 2.38. The molecule has 3 rings (SSSR count). The van der Waals surface area contributed by atoms with E-state index in [1.54, 1.807) is 35.2 Å². The average Bonchev–Trinajstić information content (AvgIpc) is 2.77. The molecule has 1 aliphatic rings. The van der Waals surface area contributed by atoms with Gasteiger partial charge in [0, 0.05) is 12.2 Å².